The molecule has 3 aromatic rings. The molecule has 1 N–H and O–H groups in total. The molecule has 1 saturated heterocycles. The molecule has 33 heavy (non-hydrogen) atoms. The van der Waals surface area contributed by atoms with E-state index in [4.69, 9.17) is 4.74 Å². The van der Waals surface area contributed by atoms with Gasteiger partial charge in [0, 0.05) is 43.6 Å². The van der Waals surface area contributed by atoms with Crippen LogP contribution < -0.4 is 15.0 Å². The molecule has 0 saturated carbocycles. The van der Waals surface area contributed by atoms with Gasteiger partial charge in [0.05, 0.1) is 7.11 Å². The number of hydrogen-bond acceptors (Lipinski definition) is 6. The van der Waals surface area contributed by atoms with Crippen LogP contribution in [-0.4, -0.2) is 51.9 Å². The third-order valence-corrected chi connectivity index (χ3v) is 8.69. The van der Waals surface area contributed by atoms with Crippen molar-refractivity contribution in [3.63, 3.8) is 0 Å². The van der Waals surface area contributed by atoms with Crippen LogP contribution in [0.3, 0.4) is 0 Å². The average molecular weight is 486 g/mol. The Morgan fingerprint density at radius 2 is 1.82 bits per heavy atom. The lowest BCUT2D eigenvalue weighted by Gasteiger charge is -2.35. The summed E-state index contributed by atoms with van der Waals surface area (Å²) in [5.74, 6) is 0.354. The first-order valence-electron chi connectivity index (χ1n) is 10.8. The number of sulfonamides is 1. The van der Waals surface area contributed by atoms with Gasteiger partial charge in [-0.3, -0.25) is 4.79 Å². The second-order valence-electron chi connectivity index (χ2n) is 7.71. The number of carbonyl (C=O) groups is 1. The van der Waals surface area contributed by atoms with Gasteiger partial charge in [0.25, 0.3) is 5.91 Å². The zero-order valence-electron chi connectivity index (χ0n) is 18.7. The Bertz CT molecular complexity index is 1230. The Labute approximate surface area is 198 Å². The number of ether oxygens (including phenoxy) is 1. The largest absolute Gasteiger partial charge is 0.497 e. The molecule has 1 aliphatic rings. The van der Waals surface area contributed by atoms with Crippen LogP contribution in [0.1, 0.15) is 22.2 Å². The number of aryl methyl sites for hydroxylation is 1. The molecule has 0 unspecified atom stereocenters. The maximum atomic E-state index is 13.4. The highest BCUT2D eigenvalue weighted by Gasteiger charge is 2.32. The van der Waals surface area contributed by atoms with E-state index in [9.17, 15) is 13.2 Å². The number of benzene rings is 2. The van der Waals surface area contributed by atoms with E-state index in [-0.39, 0.29) is 9.77 Å². The zero-order chi connectivity index (χ0) is 23.4. The molecule has 0 bridgehead atoms. The van der Waals surface area contributed by atoms with Gasteiger partial charge in [-0.05, 0) is 47.7 Å². The predicted molar refractivity (Wildman–Crippen MR) is 132 cm³/mol. The third kappa shape index (κ3) is 5.05. The van der Waals surface area contributed by atoms with Gasteiger partial charge in [0.2, 0.25) is 10.0 Å². The summed E-state index contributed by atoms with van der Waals surface area (Å²) in [6, 6.07) is 16.8. The van der Waals surface area contributed by atoms with Gasteiger partial charge in [0.1, 0.15) is 15.5 Å². The van der Waals surface area contributed by atoms with Crippen molar-refractivity contribution in [2.45, 2.75) is 18.2 Å². The van der Waals surface area contributed by atoms with Crippen LogP contribution in [0.5, 0.6) is 5.75 Å². The highest BCUT2D eigenvalue weighted by atomic mass is 32.2. The summed E-state index contributed by atoms with van der Waals surface area (Å²) in [5, 5.41) is 4.49. The molecule has 0 atom stereocenters. The lowest BCUT2D eigenvalue weighted by Crippen LogP contribution is -2.48. The van der Waals surface area contributed by atoms with Gasteiger partial charge in [0.15, 0.2) is 0 Å². The maximum absolute atomic E-state index is 13.4. The lowest BCUT2D eigenvalue weighted by molar-refractivity contribution is 0.102. The Balaban J connectivity index is 1.47. The summed E-state index contributed by atoms with van der Waals surface area (Å²) < 4.78 is 33.5. The van der Waals surface area contributed by atoms with Crippen molar-refractivity contribution < 1.29 is 17.9 Å². The van der Waals surface area contributed by atoms with E-state index >= 15 is 0 Å². The Morgan fingerprint density at radius 3 is 2.55 bits per heavy atom. The number of piperazine rings is 1. The second kappa shape index (κ2) is 9.94. The fraction of sp³-hybridized carbons (Fsp3) is 0.292. The monoisotopic (exact) mass is 485 g/mol. The van der Waals surface area contributed by atoms with Crippen molar-refractivity contribution in [2.75, 3.05) is 43.5 Å². The van der Waals surface area contributed by atoms with Gasteiger partial charge in [-0.15, -0.1) is 11.3 Å². The first kappa shape index (κ1) is 23.3. The van der Waals surface area contributed by atoms with Crippen LogP contribution in [0.2, 0.25) is 0 Å². The summed E-state index contributed by atoms with van der Waals surface area (Å²) >= 11 is 1.14. The average Bonchev–Trinajstić information content (AvgIpc) is 3.35. The van der Waals surface area contributed by atoms with Crippen molar-refractivity contribution in [1.82, 2.24) is 4.31 Å². The molecule has 174 valence electrons. The van der Waals surface area contributed by atoms with Crippen molar-refractivity contribution >= 4 is 38.6 Å². The Morgan fingerprint density at radius 1 is 1.06 bits per heavy atom. The number of rotatable bonds is 7. The first-order valence-corrected chi connectivity index (χ1v) is 13.1. The lowest BCUT2D eigenvalue weighted by atomic mass is 10.1. The third-order valence-electron chi connectivity index (χ3n) is 5.70. The van der Waals surface area contributed by atoms with Crippen molar-refractivity contribution in [3.8, 4) is 5.75 Å². The van der Waals surface area contributed by atoms with Crippen LogP contribution in [0.4, 0.5) is 11.4 Å². The van der Waals surface area contributed by atoms with Gasteiger partial charge >= 0.3 is 0 Å². The summed E-state index contributed by atoms with van der Waals surface area (Å²) in [6.45, 7) is 3.84. The summed E-state index contributed by atoms with van der Waals surface area (Å²) in [7, 11) is -2.16. The molecule has 1 amide bonds. The zero-order valence-corrected chi connectivity index (χ0v) is 20.3. The van der Waals surface area contributed by atoms with Gasteiger partial charge in [-0.2, -0.15) is 4.31 Å². The number of amides is 1. The quantitative estimate of drug-likeness (QED) is 0.546. The molecule has 1 aliphatic heterocycles. The number of nitrogens with zero attached hydrogens (tertiary/aromatic N) is 2. The molecule has 9 heteroatoms. The maximum Gasteiger partial charge on any atom is 0.267 e. The molecule has 0 aliphatic carbocycles. The van der Waals surface area contributed by atoms with E-state index in [0.717, 1.165) is 34.8 Å². The fourth-order valence-corrected chi connectivity index (χ4v) is 6.57. The molecule has 0 spiro atoms. The smallest absolute Gasteiger partial charge is 0.267 e. The number of thiophene rings is 1. The van der Waals surface area contributed by atoms with Crippen molar-refractivity contribution in [3.05, 3.63) is 70.4 Å². The molecule has 1 fully saturated rings. The summed E-state index contributed by atoms with van der Waals surface area (Å²) in [6.07, 6.45) is 0.851. The minimum absolute atomic E-state index is 0.0616. The van der Waals surface area contributed by atoms with E-state index in [0.29, 0.717) is 31.9 Å². The molecular weight excluding hydrogens is 458 g/mol. The molecule has 1 aromatic heterocycles. The summed E-state index contributed by atoms with van der Waals surface area (Å²) in [4.78, 5) is 15.3. The van der Waals surface area contributed by atoms with Crippen molar-refractivity contribution in [2.24, 2.45) is 0 Å². The predicted octanol–water partition coefficient (Wildman–Crippen LogP) is 4.08. The summed E-state index contributed by atoms with van der Waals surface area (Å²) in [5.41, 5.74) is 2.75. The molecule has 0 radical (unpaired) electrons. The van der Waals surface area contributed by atoms with Crippen LogP contribution >= 0.6 is 11.3 Å². The second-order valence-corrected chi connectivity index (χ2v) is 10.5. The minimum Gasteiger partial charge on any atom is -0.497 e. The topological polar surface area (TPSA) is 79.0 Å². The van der Waals surface area contributed by atoms with Crippen LogP contribution in [0, 0.1) is 0 Å². The number of hydrogen-bond donors (Lipinski definition) is 1. The fourth-order valence-electron chi connectivity index (χ4n) is 3.86. The SMILES string of the molecule is CCc1cccc(NC(=O)c2sccc2S(=O)(=O)N2CCN(c3cccc(OC)c3)CC2)c1. The van der Waals surface area contributed by atoms with Gasteiger partial charge in [-0.25, -0.2) is 8.42 Å². The van der Waals surface area contributed by atoms with E-state index in [1.807, 2.05) is 49.4 Å². The molecule has 7 nitrogen and oxygen atoms in total. The normalized spacial score (nSPS) is 14.8. The number of nitrogens with one attached hydrogen (secondary N) is 1. The number of methoxy groups -OCH3 is 1. The standard InChI is InChI=1S/C24H27N3O4S2/c1-3-18-6-4-7-19(16-18)25-24(28)23-22(10-15-32-23)33(29,30)27-13-11-26(12-14-27)20-8-5-9-21(17-20)31-2/h4-10,15-17H,3,11-14H2,1-2H3,(H,25,28). The first-order chi connectivity index (χ1) is 15.9. The Hall–Kier alpha value is -2.88. The molecular formula is C24H27N3O4S2. The molecule has 2 heterocycles. The van der Waals surface area contributed by atoms with Crippen LogP contribution in [0.15, 0.2) is 64.9 Å². The van der Waals surface area contributed by atoms with Gasteiger partial charge < -0.3 is 15.0 Å². The highest BCUT2D eigenvalue weighted by Crippen LogP contribution is 2.28. The van der Waals surface area contributed by atoms with Crippen LogP contribution in [0.25, 0.3) is 0 Å². The highest BCUT2D eigenvalue weighted by molar-refractivity contribution is 7.89. The van der Waals surface area contributed by atoms with E-state index in [1.165, 1.54) is 10.4 Å². The number of anilines is 2. The minimum atomic E-state index is -3.79. The van der Waals surface area contributed by atoms with E-state index in [1.54, 1.807) is 18.6 Å². The molecule has 2 aromatic carbocycles. The van der Waals surface area contributed by atoms with E-state index < -0.39 is 15.9 Å². The number of carbonyl (C=O) groups excluding carboxylic acids is 1. The van der Waals surface area contributed by atoms with E-state index in [2.05, 4.69) is 10.2 Å². The van der Waals surface area contributed by atoms with Crippen LogP contribution in [-0.2, 0) is 16.4 Å². The van der Waals surface area contributed by atoms with Crippen molar-refractivity contribution in [1.29, 1.82) is 0 Å². The Kier molecular flexibility index (Phi) is 7.02. The van der Waals surface area contributed by atoms with Gasteiger partial charge in [-0.1, -0.05) is 25.1 Å². The molecule has 4 rings (SSSR count).